The Bertz CT molecular complexity index is 1070. The molecule has 7 heteroatoms. The molecule has 0 spiro atoms. The number of epoxide rings is 1. The van der Waals surface area contributed by atoms with Gasteiger partial charge in [0.05, 0.1) is 6.61 Å². The Hall–Kier alpha value is -1.70. The predicted molar refractivity (Wildman–Crippen MR) is 137 cm³/mol. The summed E-state index contributed by atoms with van der Waals surface area (Å²) >= 11 is 0. The van der Waals surface area contributed by atoms with Gasteiger partial charge in [0, 0.05) is 6.26 Å². The van der Waals surface area contributed by atoms with Crippen molar-refractivity contribution in [3.8, 4) is 11.5 Å². The van der Waals surface area contributed by atoms with Gasteiger partial charge in [0.1, 0.15) is 14.2 Å². The molecule has 0 unspecified atom stereocenters. The van der Waals surface area contributed by atoms with Crippen molar-refractivity contribution < 1.29 is 17.6 Å². The van der Waals surface area contributed by atoms with Gasteiger partial charge in [-0.05, 0) is 15.4 Å². The van der Waals surface area contributed by atoms with Crippen molar-refractivity contribution in [2.24, 2.45) is 0 Å². The summed E-state index contributed by atoms with van der Waals surface area (Å²) in [6.07, 6.45) is 0.609. The van der Waals surface area contributed by atoms with E-state index in [1.165, 1.54) is 6.26 Å². The Morgan fingerprint density at radius 2 is 1.44 bits per heavy atom. The summed E-state index contributed by atoms with van der Waals surface area (Å²) in [7, 11) is -8.07. The van der Waals surface area contributed by atoms with Gasteiger partial charge in [-0.2, -0.15) is 0 Å². The molecule has 0 saturated carbocycles. The van der Waals surface area contributed by atoms with Crippen LogP contribution in [0.3, 0.4) is 0 Å². The first-order valence-electron chi connectivity index (χ1n) is 10.9. The molecule has 4 nitrogen and oxygen atoms in total. The van der Waals surface area contributed by atoms with E-state index in [0.29, 0.717) is 0 Å². The van der Waals surface area contributed by atoms with E-state index >= 15 is 0 Å². The van der Waals surface area contributed by atoms with Crippen LogP contribution in [0.15, 0.2) is 60.7 Å². The van der Waals surface area contributed by atoms with Gasteiger partial charge in [-0.15, -0.1) is 5.54 Å². The highest BCUT2D eigenvalue weighted by Crippen LogP contribution is 2.43. The Kier molecular flexibility index (Phi) is 6.69. The molecule has 0 aliphatic carbocycles. The standard InChI is InChI=1S/C25H34O4SSi2/c1-24(2,3)32(21-14-10-8-11-15-21,22-16-12-9-13-17-22)28-20-23-25(29-23,30(4,26)27)18-19-31(5,6)7/h8-17,23H,20H2,1-7H3/t23-,25-/m1/s1. The van der Waals surface area contributed by atoms with Gasteiger partial charge < -0.3 is 9.16 Å². The molecule has 172 valence electrons. The molecule has 2 aromatic carbocycles. The van der Waals surface area contributed by atoms with E-state index in [2.05, 4.69) is 76.1 Å². The van der Waals surface area contributed by atoms with E-state index in [-0.39, 0.29) is 11.6 Å². The number of hydrogen-bond acceptors (Lipinski definition) is 4. The summed E-state index contributed by atoms with van der Waals surface area (Å²) < 4.78 is 38.0. The smallest absolute Gasteiger partial charge is 0.261 e. The second kappa shape index (κ2) is 8.58. The highest BCUT2D eigenvalue weighted by atomic mass is 32.2. The average molecular weight is 487 g/mol. The van der Waals surface area contributed by atoms with Crippen LogP contribution in [0, 0.1) is 11.5 Å². The van der Waals surface area contributed by atoms with Crippen LogP contribution in [0.25, 0.3) is 0 Å². The van der Waals surface area contributed by atoms with Gasteiger partial charge in [-0.3, -0.25) is 0 Å². The number of rotatable bonds is 6. The molecule has 2 atom stereocenters. The SMILES string of the molecule is CC(C)(C)[Si](OC[C@H]1O[C@]1(C#C[Si](C)(C)C)S(C)(=O)=O)(c1ccccc1)c1ccccc1. The van der Waals surface area contributed by atoms with Gasteiger partial charge in [0.2, 0.25) is 0 Å². The fraction of sp³-hybridized carbons (Fsp3) is 0.440. The summed E-state index contributed by atoms with van der Waals surface area (Å²) in [5.74, 6) is 2.99. The van der Waals surface area contributed by atoms with E-state index < -0.39 is 37.3 Å². The Morgan fingerprint density at radius 3 is 1.81 bits per heavy atom. The summed E-state index contributed by atoms with van der Waals surface area (Å²) in [5.41, 5.74) is 3.19. The first kappa shape index (κ1) is 24.9. The van der Waals surface area contributed by atoms with Crippen LogP contribution in [0.4, 0.5) is 0 Å². The third kappa shape index (κ3) is 4.80. The van der Waals surface area contributed by atoms with Gasteiger partial charge in [0.25, 0.3) is 13.3 Å². The average Bonchev–Trinajstić information content (AvgIpc) is 3.42. The molecule has 3 rings (SSSR count). The van der Waals surface area contributed by atoms with Crippen molar-refractivity contribution in [2.75, 3.05) is 12.9 Å². The summed E-state index contributed by atoms with van der Waals surface area (Å²) in [6, 6.07) is 20.6. The zero-order chi connectivity index (χ0) is 23.8. The molecule has 1 aliphatic heterocycles. The molecule has 0 radical (unpaired) electrons. The van der Waals surface area contributed by atoms with Crippen molar-refractivity contribution >= 4 is 36.6 Å². The van der Waals surface area contributed by atoms with Crippen molar-refractivity contribution in [1.82, 2.24) is 0 Å². The lowest BCUT2D eigenvalue weighted by molar-refractivity contribution is 0.248. The first-order valence-corrected chi connectivity index (χ1v) is 18.2. The fourth-order valence-corrected chi connectivity index (χ4v) is 10.4. The lowest BCUT2D eigenvalue weighted by Gasteiger charge is -2.43. The van der Waals surface area contributed by atoms with E-state index in [4.69, 9.17) is 9.16 Å². The van der Waals surface area contributed by atoms with Crippen LogP contribution in [-0.2, 0) is 19.0 Å². The van der Waals surface area contributed by atoms with E-state index in [9.17, 15) is 8.42 Å². The lowest BCUT2D eigenvalue weighted by atomic mass is 10.2. The zero-order valence-electron chi connectivity index (χ0n) is 20.1. The summed E-state index contributed by atoms with van der Waals surface area (Å²) in [4.78, 5) is -1.46. The zero-order valence-corrected chi connectivity index (χ0v) is 22.9. The van der Waals surface area contributed by atoms with Crippen LogP contribution in [0.2, 0.25) is 24.7 Å². The number of hydrogen-bond donors (Lipinski definition) is 0. The molecule has 0 bridgehead atoms. The van der Waals surface area contributed by atoms with E-state index in [1.807, 2.05) is 36.4 Å². The van der Waals surface area contributed by atoms with Gasteiger partial charge in [0.15, 0.2) is 9.84 Å². The van der Waals surface area contributed by atoms with Gasteiger partial charge >= 0.3 is 0 Å². The molecule has 0 aromatic heterocycles. The molecule has 0 amide bonds. The highest BCUT2D eigenvalue weighted by molar-refractivity contribution is 7.92. The van der Waals surface area contributed by atoms with Crippen LogP contribution >= 0.6 is 0 Å². The van der Waals surface area contributed by atoms with Gasteiger partial charge in [-0.1, -0.05) is 107 Å². The summed E-state index contributed by atoms with van der Waals surface area (Å²) in [5, 5.41) is 2.11. The Balaban J connectivity index is 2.03. The second-order valence-electron chi connectivity index (χ2n) is 10.5. The number of ether oxygens (including phenoxy) is 1. The monoisotopic (exact) mass is 486 g/mol. The van der Waals surface area contributed by atoms with Crippen molar-refractivity contribution in [3.05, 3.63) is 60.7 Å². The van der Waals surface area contributed by atoms with Crippen LogP contribution in [0.5, 0.6) is 0 Å². The van der Waals surface area contributed by atoms with Crippen molar-refractivity contribution in [1.29, 1.82) is 0 Å². The largest absolute Gasteiger partial charge is 0.405 e. The molecular formula is C25H34O4SSi2. The van der Waals surface area contributed by atoms with Gasteiger partial charge in [-0.25, -0.2) is 8.42 Å². The third-order valence-corrected chi connectivity index (χ3v) is 13.2. The van der Waals surface area contributed by atoms with E-state index in [0.717, 1.165) is 10.4 Å². The number of sulfone groups is 1. The molecule has 1 aliphatic rings. The predicted octanol–water partition coefficient (Wildman–Crippen LogP) is 3.58. The minimum absolute atomic E-state index is 0.181. The topological polar surface area (TPSA) is 55.9 Å². The second-order valence-corrected chi connectivity index (χ2v) is 21.7. The number of benzene rings is 2. The normalized spacial score (nSPS) is 21.5. The maximum atomic E-state index is 12.6. The van der Waals surface area contributed by atoms with Crippen LogP contribution in [0.1, 0.15) is 20.8 Å². The van der Waals surface area contributed by atoms with E-state index in [1.54, 1.807) is 0 Å². The summed E-state index contributed by atoms with van der Waals surface area (Å²) in [6.45, 7) is 13.0. The fourth-order valence-electron chi connectivity index (χ4n) is 4.09. The van der Waals surface area contributed by atoms with Crippen molar-refractivity contribution in [2.45, 2.75) is 56.5 Å². The minimum atomic E-state index is -3.53. The Morgan fingerprint density at radius 1 is 0.969 bits per heavy atom. The Labute approximate surface area is 195 Å². The maximum Gasteiger partial charge on any atom is 0.261 e. The molecule has 0 N–H and O–H groups in total. The molecular weight excluding hydrogens is 453 g/mol. The third-order valence-electron chi connectivity index (χ3n) is 5.71. The molecule has 1 heterocycles. The van der Waals surface area contributed by atoms with Crippen LogP contribution < -0.4 is 10.4 Å². The lowest BCUT2D eigenvalue weighted by Crippen LogP contribution is -2.67. The first-order chi connectivity index (χ1) is 14.7. The van der Waals surface area contributed by atoms with Crippen LogP contribution in [-0.4, -0.2) is 48.7 Å². The molecule has 2 aromatic rings. The molecule has 32 heavy (non-hydrogen) atoms. The maximum absolute atomic E-state index is 12.6. The molecule has 1 saturated heterocycles. The van der Waals surface area contributed by atoms with Crippen molar-refractivity contribution in [3.63, 3.8) is 0 Å². The molecule has 1 fully saturated rings. The quantitative estimate of drug-likeness (QED) is 0.356. The minimum Gasteiger partial charge on any atom is -0.405 e. The highest BCUT2D eigenvalue weighted by Gasteiger charge is 2.65.